The third kappa shape index (κ3) is 3.04. The molecule has 0 spiro atoms. The molecule has 4 nitrogen and oxygen atoms in total. The molecule has 94 valence electrons. The van der Waals surface area contributed by atoms with Crippen LogP contribution in [0.15, 0.2) is 5.38 Å². The second-order valence-corrected chi connectivity index (χ2v) is 5.98. The first-order valence-corrected chi connectivity index (χ1v) is 6.86. The monoisotopic (exact) mass is 253 g/mol. The minimum absolute atomic E-state index is 0.0352. The van der Waals surface area contributed by atoms with Crippen molar-refractivity contribution in [1.82, 2.24) is 10.3 Å². The van der Waals surface area contributed by atoms with Crippen molar-refractivity contribution in [3.63, 3.8) is 0 Å². The molecule has 5 heteroatoms. The molecular formula is C12H19N3OS. The molecule has 0 bridgehead atoms. The maximum Gasteiger partial charge on any atom is 0.240 e. The first-order valence-electron chi connectivity index (χ1n) is 5.98. The van der Waals surface area contributed by atoms with Crippen LogP contribution < -0.4 is 11.1 Å². The molecule has 1 aliphatic carbocycles. The van der Waals surface area contributed by atoms with Crippen molar-refractivity contribution < 1.29 is 4.79 Å². The fourth-order valence-electron chi connectivity index (χ4n) is 1.89. The highest BCUT2D eigenvalue weighted by Crippen LogP contribution is 2.38. The van der Waals surface area contributed by atoms with Crippen molar-refractivity contribution >= 4 is 17.2 Å². The van der Waals surface area contributed by atoms with Gasteiger partial charge < -0.3 is 11.1 Å². The third-order valence-corrected chi connectivity index (χ3v) is 4.07. The molecule has 0 aliphatic heterocycles. The van der Waals surface area contributed by atoms with Crippen LogP contribution in [0.4, 0.5) is 0 Å². The van der Waals surface area contributed by atoms with Gasteiger partial charge in [0.1, 0.15) is 0 Å². The Hall–Kier alpha value is -0.940. The Morgan fingerprint density at radius 2 is 2.41 bits per heavy atom. The molecule has 0 aromatic carbocycles. The highest BCUT2D eigenvalue weighted by atomic mass is 32.1. The Kier molecular flexibility index (Phi) is 3.49. The van der Waals surface area contributed by atoms with E-state index in [-0.39, 0.29) is 5.91 Å². The number of nitrogens with zero attached hydrogens (tertiary/aromatic N) is 1. The lowest BCUT2D eigenvalue weighted by molar-refractivity contribution is -0.126. The molecule has 1 amide bonds. The van der Waals surface area contributed by atoms with E-state index in [9.17, 15) is 4.79 Å². The van der Waals surface area contributed by atoms with E-state index >= 15 is 0 Å². The SMILES string of the molecule is Cc1nc(CCNC(=O)C(C)(N)C2CC2)cs1. The second kappa shape index (κ2) is 4.74. The van der Waals surface area contributed by atoms with Crippen LogP contribution >= 0.6 is 11.3 Å². The van der Waals surface area contributed by atoms with Crippen LogP contribution in [0.5, 0.6) is 0 Å². The highest BCUT2D eigenvalue weighted by Gasteiger charge is 2.43. The topological polar surface area (TPSA) is 68.0 Å². The molecule has 17 heavy (non-hydrogen) atoms. The molecule has 1 heterocycles. The average Bonchev–Trinajstić information content (AvgIpc) is 3.04. The van der Waals surface area contributed by atoms with Gasteiger partial charge in [-0.15, -0.1) is 11.3 Å². The van der Waals surface area contributed by atoms with E-state index in [0.29, 0.717) is 12.5 Å². The summed E-state index contributed by atoms with van der Waals surface area (Å²) in [6, 6.07) is 0. The van der Waals surface area contributed by atoms with Crippen LogP contribution in [0.25, 0.3) is 0 Å². The number of carbonyl (C=O) groups is 1. The fourth-order valence-corrected chi connectivity index (χ4v) is 2.53. The number of thiazole rings is 1. The smallest absolute Gasteiger partial charge is 0.240 e. The predicted octanol–water partition coefficient (Wildman–Crippen LogP) is 1.24. The number of carbonyl (C=O) groups excluding carboxylic acids is 1. The molecule has 3 N–H and O–H groups in total. The normalized spacial score (nSPS) is 18.8. The average molecular weight is 253 g/mol. The summed E-state index contributed by atoms with van der Waals surface area (Å²) in [6.45, 7) is 4.42. The molecule has 1 saturated carbocycles. The lowest BCUT2D eigenvalue weighted by Crippen LogP contribution is -2.53. The van der Waals surface area contributed by atoms with Gasteiger partial charge >= 0.3 is 0 Å². The molecule has 1 aromatic rings. The standard InChI is InChI=1S/C12H19N3OS/c1-8-15-10(7-17-8)5-6-14-11(16)12(2,13)9-3-4-9/h7,9H,3-6,13H2,1-2H3,(H,14,16). The first kappa shape index (κ1) is 12.5. The Balaban J connectivity index is 1.76. The van der Waals surface area contributed by atoms with Crippen molar-refractivity contribution in [1.29, 1.82) is 0 Å². The molecule has 0 saturated heterocycles. The van der Waals surface area contributed by atoms with Gasteiger partial charge in [-0.3, -0.25) is 4.79 Å². The minimum Gasteiger partial charge on any atom is -0.354 e. The number of hydrogen-bond donors (Lipinski definition) is 2. The summed E-state index contributed by atoms with van der Waals surface area (Å²) < 4.78 is 0. The fraction of sp³-hybridized carbons (Fsp3) is 0.667. The number of amides is 1. The Morgan fingerprint density at radius 1 is 1.71 bits per heavy atom. The molecule has 1 atom stereocenters. The zero-order chi connectivity index (χ0) is 12.5. The largest absolute Gasteiger partial charge is 0.354 e. The minimum atomic E-state index is -0.696. The Labute approximate surface area is 106 Å². The maximum atomic E-state index is 11.9. The number of hydrogen-bond acceptors (Lipinski definition) is 4. The van der Waals surface area contributed by atoms with Gasteiger partial charge in [0.15, 0.2) is 0 Å². The van der Waals surface area contributed by atoms with Gasteiger partial charge in [0, 0.05) is 18.3 Å². The summed E-state index contributed by atoms with van der Waals surface area (Å²) in [7, 11) is 0. The Bertz CT molecular complexity index is 410. The Morgan fingerprint density at radius 3 is 2.94 bits per heavy atom. The van der Waals surface area contributed by atoms with E-state index in [4.69, 9.17) is 5.73 Å². The number of aryl methyl sites for hydroxylation is 1. The molecule has 1 fully saturated rings. The molecule has 1 aromatic heterocycles. The predicted molar refractivity (Wildman–Crippen MR) is 68.9 cm³/mol. The van der Waals surface area contributed by atoms with Gasteiger partial charge in [-0.05, 0) is 32.6 Å². The van der Waals surface area contributed by atoms with Crippen molar-refractivity contribution in [3.05, 3.63) is 16.1 Å². The van der Waals surface area contributed by atoms with Crippen LogP contribution in [0.3, 0.4) is 0 Å². The van der Waals surface area contributed by atoms with Crippen LogP contribution in [0.2, 0.25) is 0 Å². The second-order valence-electron chi connectivity index (χ2n) is 4.92. The van der Waals surface area contributed by atoms with E-state index in [1.54, 1.807) is 11.3 Å². The van der Waals surface area contributed by atoms with E-state index in [2.05, 4.69) is 10.3 Å². The first-order chi connectivity index (χ1) is 8.00. The molecule has 1 unspecified atom stereocenters. The van der Waals surface area contributed by atoms with Gasteiger partial charge in [0.25, 0.3) is 0 Å². The van der Waals surface area contributed by atoms with Gasteiger partial charge in [-0.1, -0.05) is 0 Å². The number of nitrogens with two attached hydrogens (primary N) is 1. The van der Waals surface area contributed by atoms with Crippen LogP contribution in [0, 0.1) is 12.8 Å². The van der Waals surface area contributed by atoms with E-state index in [1.165, 1.54) is 0 Å². The summed E-state index contributed by atoms with van der Waals surface area (Å²) in [6.07, 6.45) is 2.92. The van der Waals surface area contributed by atoms with E-state index in [0.717, 1.165) is 30.0 Å². The van der Waals surface area contributed by atoms with Crippen molar-refractivity contribution in [2.24, 2.45) is 11.7 Å². The quantitative estimate of drug-likeness (QED) is 0.829. The summed E-state index contributed by atoms with van der Waals surface area (Å²) >= 11 is 1.64. The summed E-state index contributed by atoms with van der Waals surface area (Å²) in [5.41, 5.74) is 6.37. The number of nitrogens with one attached hydrogen (secondary N) is 1. The van der Waals surface area contributed by atoms with E-state index in [1.807, 2.05) is 19.2 Å². The third-order valence-electron chi connectivity index (χ3n) is 3.25. The highest BCUT2D eigenvalue weighted by molar-refractivity contribution is 7.09. The van der Waals surface area contributed by atoms with Crippen molar-refractivity contribution in [2.75, 3.05) is 6.54 Å². The summed E-state index contributed by atoms with van der Waals surface area (Å²) in [4.78, 5) is 16.2. The summed E-state index contributed by atoms with van der Waals surface area (Å²) in [5, 5.41) is 6.00. The summed E-state index contributed by atoms with van der Waals surface area (Å²) in [5.74, 6) is 0.330. The van der Waals surface area contributed by atoms with Crippen molar-refractivity contribution in [3.8, 4) is 0 Å². The molecule has 1 aliphatic rings. The van der Waals surface area contributed by atoms with Crippen LogP contribution in [-0.2, 0) is 11.2 Å². The maximum absolute atomic E-state index is 11.9. The molecular weight excluding hydrogens is 234 g/mol. The van der Waals surface area contributed by atoms with Gasteiger partial charge in [0.05, 0.1) is 16.2 Å². The zero-order valence-corrected chi connectivity index (χ0v) is 11.1. The molecule has 2 rings (SSSR count). The van der Waals surface area contributed by atoms with Crippen molar-refractivity contribution in [2.45, 2.75) is 38.6 Å². The lowest BCUT2D eigenvalue weighted by atomic mass is 9.96. The lowest BCUT2D eigenvalue weighted by Gasteiger charge is -2.22. The van der Waals surface area contributed by atoms with E-state index < -0.39 is 5.54 Å². The number of aromatic nitrogens is 1. The van der Waals surface area contributed by atoms with Gasteiger partial charge in [-0.2, -0.15) is 0 Å². The van der Waals surface area contributed by atoms with Gasteiger partial charge in [0.2, 0.25) is 5.91 Å². The van der Waals surface area contributed by atoms with Crippen LogP contribution in [0.1, 0.15) is 30.5 Å². The number of rotatable bonds is 5. The zero-order valence-electron chi connectivity index (χ0n) is 10.3. The molecule has 0 radical (unpaired) electrons. The van der Waals surface area contributed by atoms with Crippen LogP contribution in [-0.4, -0.2) is 23.0 Å². The van der Waals surface area contributed by atoms with Gasteiger partial charge in [-0.25, -0.2) is 4.98 Å².